The maximum Gasteiger partial charge on any atom is 0.124 e. The van der Waals surface area contributed by atoms with Crippen molar-refractivity contribution in [3.05, 3.63) is 46.5 Å². The van der Waals surface area contributed by atoms with Crippen LogP contribution in [0.2, 0.25) is 0 Å². The van der Waals surface area contributed by atoms with Crippen molar-refractivity contribution < 1.29 is 4.39 Å². The summed E-state index contributed by atoms with van der Waals surface area (Å²) in [5.41, 5.74) is 4.06. The summed E-state index contributed by atoms with van der Waals surface area (Å²) < 4.78 is 14.9. The van der Waals surface area contributed by atoms with Gasteiger partial charge in [-0.3, -0.25) is 4.68 Å². The van der Waals surface area contributed by atoms with Gasteiger partial charge in [-0.15, -0.1) is 0 Å². The molecule has 0 fully saturated rings. The molecule has 0 bridgehead atoms. The van der Waals surface area contributed by atoms with E-state index >= 15 is 0 Å². The minimum absolute atomic E-state index is 0.305. The van der Waals surface area contributed by atoms with E-state index in [2.05, 4.69) is 10.4 Å². The van der Waals surface area contributed by atoms with Crippen LogP contribution in [0.25, 0.3) is 0 Å². The zero-order valence-electron chi connectivity index (χ0n) is 11.2. The Kier molecular flexibility index (Phi) is 3.52. The number of hydrogen-bond donors (Lipinski definition) is 1. The molecule has 1 aromatic heterocycles. The van der Waals surface area contributed by atoms with E-state index in [1.165, 1.54) is 12.1 Å². The fourth-order valence-corrected chi connectivity index (χ4v) is 2.02. The summed E-state index contributed by atoms with van der Waals surface area (Å²) in [4.78, 5) is 0. The smallest absolute Gasteiger partial charge is 0.124 e. The first kappa shape index (κ1) is 13.1. The molecule has 1 aromatic carbocycles. The van der Waals surface area contributed by atoms with Crippen LogP contribution in [0, 0.1) is 31.0 Å². The van der Waals surface area contributed by atoms with Crippen LogP contribution in [0.5, 0.6) is 0 Å². The van der Waals surface area contributed by atoms with Crippen molar-refractivity contribution in [1.29, 1.82) is 5.26 Å². The molecule has 2 rings (SSSR count). The van der Waals surface area contributed by atoms with Crippen molar-refractivity contribution in [2.24, 2.45) is 7.05 Å². The van der Waals surface area contributed by atoms with E-state index in [9.17, 15) is 4.39 Å². The average Bonchev–Trinajstić information content (AvgIpc) is 2.62. The Morgan fingerprint density at radius 1 is 1.42 bits per heavy atom. The number of halogens is 1. The zero-order chi connectivity index (χ0) is 14.0. The maximum absolute atomic E-state index is 13.0. The quantitative estimate of drug-likeness (QED) is 0.920. The maximum atomic E-state index is 13.0. The first-order valence-corrected chi connectivity index (χ1v) is 5.95. The van der Waals surface area contributed by atoms with Crippen molar-refractivity contribution in [2.75, 3.05) is 5.32 Å². The summed E-state index contributed by atoms with van der Waals surface area (Å²) in [7, 11) is 1.89. The first-order chi connectivity index (χ1) is 9.02. The van der Waals surface area contributed by atoms with Gasteiger partial charge in [0.05, 0.1) is 16.9 Å². The van der Waals surface area contributed by atoms with Gasteiger partial charge in [-0.25, -0.2) is 4.39 Å². The molecule has 0 aliphatic heterocycles. The highest BCUT2D eigenvalue weighted by Gasteiger charge is 2.10. The lowest BCUT2D eigenvalue weighted by Crippen LogP contribution is -2.04. The average molecular weight is 258 g/mol. The Balaban J connectivity index is 2.22. The molecule has 0 saturated heterocycles. The molecule has 4 nitrogen and oxygen atoms in total. The van der Waals surface area contributed by atoms with Crippen LogP contribution in [0.1, 0.15) is 22.5 Å². The molecule has 5 heteroatoms. The van der Waals surface area contributed by atoms with Gasteiger partial charge in [-0.2, -0.15) is 10.4 Å². The molecule has 19 heavy (non-hydrogen) atoms. The van der Waals surface area contributed by atoms with Crippen molar-refractivity contribution in [3.63, 3.8) is 0 Å². The monoisotopic (exact) mass is 258 g/mol. The van der Waals surface area contributed by atoms with E-state index < -0.39 is 5.82 Å². The molecule has 0 radical (unpaired) electrons. The number of nitriles is 1. The molecule has 0 aliphatic carbocycles. The number of aromatic nitrogens is 2. The Morgan fingerprint density at radius 3 is 2.74 bits per heavy atom. The minimum Gasteiger partial charge on any atom is -0.380 e. The van der Waals surface area contributed by atoms with Crippen LogP contribution in [0.3, 0.4) is 0 Å². The number of rotatable bonds is 3. The molecule has 1 N–H and O–H groups in total. The van der Waals surface area contributed by atoms with Crippen LogP contribution in [0.4, 0.5) is 10.1 Å². The van der Waals surface area contributed by atoms with E-state index in [4.69, 9.17) is 5.26 Å². The molecule has 0 aliphatic rings. The number of anilines is 1. The summed E-state index contributed by atoms with van der Waals surface area (Å²) in [6.45, 7) is 4.50. The summed E-state index contributed by atoms with van der Waals surface area (Å²) in [6.07, 6.45) is 0. The van der Waals surface area contributed by atoms with Gasteiger partial charge in [-0.05, 0) is 32.0 Å². The Bertz CT molecular complexity index is 652. The molecule has 0 saturated carbocycles. The van der Waals surface area contributed by atoms with Crippen LogP contribution in [-0.2, 0) is 13.6 Å². The standard InChI is InChI=1S/C14H15FN4/c1-9-13(10(2)19(3)18-9)8-17-14-5-4-12(15)6-11(14)7-16/h4-6,17H,8H2,1-3H3. The van der Waals surface area contributed by atoms with Crippen molar-refractivity contribution in [1.82, 2.24) is 9.78 Å². The third-order valence-corrected chi connectivity index (χ3v) is 3.22. The lowest BCUT2D eigenvalue weighted by molar-refractivity contribution is 0.627. The Morgan fingerprint density at radius 2 is 2.16 bits per heavy atom. The Hall–Kier alpha value is -2.35. The molecule has 0 spiro atoms. The van der Waals surface area contributed by atoms with Gasteiger partial charge in [0.1, 0.15) is 11.9 Å². The van der Waals surface area contributed by atoms with E-state index in [-0.39, 0.29) is 0 Å². The normalized spacial score (nSPS) is 10.3. The van der Waals surface area contributed by atoms with Gasteiger partial charge in [0.15, 0.2) is 0 Å². The largest absolute Gasteiger partial charge is 0.380 e. The Labute approximate surface area is 111 Å². The second-order valence-corrected chi connectivity index (χ2v) is 4.43. The van der Waals surface area contributed by atoms with Crippen LogP contribution in [-0.4, -0.2) is 9.78 Å². The van der Waals surface area contributed by atoms with Crippen LogP contribution < -0.4 is 5.32 Å². The molecule has 98 valence electrons. The number of hydrogen-bond acceptors (Lipinski definition) is 3. The highest BCUT2D eigenvalue weighted by atomic mass is 19.1. The highest BCUT2D eigenvalue weighted by Crippen LogP contribution is 2.19. The summed E-state index contributed by atoms with van der Waals surface area (Å²) in [5.74, 6) is -0.407. The van der Waals surface area contributed by atoms with Gasteiger partial charge in [0.2, 0.25) is 0 Å². The van der Waals surface area contributed by atoms with Gasteiger partial charge in [0, 0.05) is 24.8 Å². The van der Waals surface area contributed by atoms with Crippen LogP contribution in [0.15, 0.2) is 18.2 Å². The van der Waals surface area contributed by atoms with Gasteiger partial charge < -0.3 is 5.32 Å². The third kappa shape index (κ3) is 2.58. The molecule has 2 aromatic rings. The highest BCUT2D eigenvalue weighted by molar-refractivity contribution is 5.57. The summed E-state index contributed by atoms with van der Waals surface area (Å²) in [6, 6.07) is 6.13. The van der Waals surface area contributed by atoms with Crippen molar-refractivity contribution in [3.8, 4) is 6.07 Å². The van der Waals surface area contributed by atoms with E-state index in [0.717, 1.165) is 17.0 Å². The number of nitrogens with zero attached hydrogens (tertiary/aromatic N) is 3. The number of nitrogens with one attached hydrogen (secondary N) is 1. The van der Waals surface area contributed by atoms with Gasteiger partial charge in [-0.1, -0.05) is 0 Å². The van der Waals surface area contributed by atoms with Gasteiger partial charge >= 0.3 is 0 Å². The van der Waals surface area contributed by atoms with E-state index in [1.807, 2.05) is 31.6 Å². The second-order valence-electron chi connectivity index (χ2n) is 4.43. The van der Waals surface area contributed by atoms with Gasteiger partial charge in [0.25, 0.3) is 0 Å². The zero-order valence-corrected chi connectivity index (χ0v) is 11.2. The predicted octanol–water partition coefficient (Wildman–Crippen LogP) is 2.66. The summed E-state index contributed by atoms with van der Waals surface area (Å²) in [5, 5.41) is 16.5. The minimum atomic E-state index is -0.407. The van der Waals surface area contributed by atoms with Crippen molar-refractivity contribution in [2.45, 2.75) is 20.4 Å². The molecule has 0 atom stereocenters. The summed E-state index contributed by atoms with van der Waals surface area (Å²) >= 11 is 0. The number of aryl methyl sites for hydroxylation is 2. The fraction of sp³-hybridized carbons (Fsp3) is 0.286. The molecular weight excluding hydrogens is 243 g/mol. The van der Waals surface area contributed by atoms with E-state index in [0.29, 0.717) is 17.8 Å². The fourth-order valence-electron chi connectivity index (χ4n) is 2.02. The van der Waals surface area contributed by atoms with E-state index in [1.54, 1.807) is 6.07 Å². The lowest BCUT2D eigenvalue weighted by atomic mass is 10.1. The third-order valence-electron chi connectivity index (χ3n) is 3.22. The molecular formula is C14H15FN4. The first-order valence-electron chi connectivity index (χ1n) is 5.95. The SMILES string of the molecule is Cc1nn(C)c(C)c1CNc1ccc(F)cc1C#N. The topological polar surface area (TPSA) is 53.6 Å². The molecule has 0 amide bonds. The van der Waals surface area contributed by atoms with Crippen molar-refractivity contribution >= 4 is 5.69 Å². The second kappa shape index (κ2) is 5.11. The number of benzene rings is 1. The molecule has 1 heterocycles. The van der Waals surface area contributed by atoms with Crippen LogP contribution >= 0.6 is 0 Å². The molecule has 0 unspecified atom stereocenters. The lowest BCUT2D eigenvalue weighted by Gasteiger charge is -2.08. The predicted molar refractivity (Wildman–Crippen MR) is 71.1 cm³/mol.